The Hall–Kier alpha value is -1.55. The van der Waals surface area contributed by atoms with E-state index in [0.717, 1.165) is 30.6 Å². The highest BCUT2D eigenvalue weighted by atomic mass is 15.2. The average molecular weight is 272 g/mol. The Morgan fingerprint density at radius 3 is 3.00 bits per heavy atom. The molecule has 0 spiro atoms. The molecule has 0 aromatic carbocycles. The Kier molecular flexibility index (Phi) is 3.92. The molecule has 1 aliphatic rings. The van der Waals surface area contributed by atoms with Crippen LogP contribution in [0.3, 0.4) is 0 Å². The Labute approximate surface area is 120 Å². The van der Waals surface area contributed by atoms with E-state index in [4.69, 9.17) is 4.98 Å². The van der Waals surface area contributed by atoms with Gasteiger partial charge in [0, 0.05) is 32.4 Å². The topological polar surface area (TPSA) is 32.6 Å². The summed E-state index contributed by atoms with van der Waals surface area (Å²) in [6.07, 6.45) is 7.17. The van der Waals surface area contributed by atoms with Gasteiger partial charge in [-0.25, -0.2) is 4.98 Å². The first kappa shape index (κ1) is 13.4. The number of nitrogens with one attached hydrogen (secondary N) is 1. The van der Waals surface area contributed by atoms with Crippen LogP contribution in [0.1, 0.15) is 38.3 Å². The van der Waals surface area contributed by atoms with Crippen molar-refractivity contribution in [1.82, 2.24) is 14.7 Å². The number of hydrogen-bond donors (Lipinski definition) is 1. The molecule has 2 aromatic heterocycles. The van der Waals surface area contributed by atoms with Crippen molar-refractivity contribution in [2.45, 2.75) is 45.2 Å². The standard InChI is InChI=1S/C16H24N4/c1-3-4-10-19(2)16-14(12-17-13-8-9-13)20-11-6-5-7-15(20)18-16/h5-7,11,13,17H,3-4,8-10,12H2,1-2H3. The predicted molar refractivity (Wildman–Crippen MR) is 83.2 cm³/mol. The molecule has 0 atom stereocenters. The summed E-state index contributed by atoms with van der Waals surface area (Å²) in [5.41, 5.74) is 2.32. The van der Waals surface area contributed by atoms with E-state index in [-0.39, 0.29) is 0 Å². The van der Waals surface area contributed by atoms with Crippen LogP contribution in [0.25, 0.3) is 5.65 Å². The molecule has 0 saturated heterocycles. The minimum absolute atomic E-state index is 0.720. The summed E-state index contributed by atoms with van der Waals surface area (Å²) in [5.74, 6) is 1.12. The van der Waals surface area contributed by atoms with Crippen LogP contribution in [0.4, 0.5) is 5.82 Å². The molecule has 4 nitrogen and oxygen atoms in total. The van der Waals surface area contributed by atoms with Crippen molar-refractivity contribution < 1.29 is 0 Å². The molecule has 1 saturated carbocycles. The highest BCUT2D eigenvalue weighted by Crippen LogP contribution is 2.24. The van der Waals surface area contributed by atoms with Crippen molar-refractivity contribution in [2.24, 2.45) is 0 Å². The lowest BCUT2D eigenvalue weighted by atomic mass is 10.3. The van der Waals surface area contributed by atoms with Crippen LogP contribution in [-0.4, -0.2) is 29.0 Å². The fourth-order valence-corrected chi connectivity index (χ4v) is 2.53. The zero-order chi connectivity index (χ0) is 13.9. The van der Waals surface area contributed by atoms with Crippen LogP contribution in [0, 0.1) is 0 Å². The lowest BCUT2D eigenvalue weighted by Crippen LogP contribution is -2.23. The van der Waals surface area contributed by atoms with Gasteiger partial charge in [-0.05, 0) is 31.4 Å². The molecule has 0 unspecified atom stereocenters. The van der Waals surface area contributed by atoms with E-state index in [9.17, 15) is 0 Å². The minimum Gasteiger partial charge on any atom is -0.358 e. The largest absolute Gasteiger partial charge is 0.358 e. The molecule has 0 bridgehead atoms. The van der Waals surface area contributed by atoms with Gasteiger partial charge in [-0.2, -0.15) is 0 Å². The zero-order valence-electron chi connectivity index (χ0n) is 12.5. The van der Waals surface area contributed by atoms with E-state index < -0.39 is 0 Å². The fourth-order valence-electron chi connectivity index (χ4n) is 2.53. The SMILES string of the molecule is CCCCN(C)c1nc2ccccn2c1CNC1CC1. The van der Waals surface area contributed by atoms with Gasteiger partial charge in [0.05, 0.1) is 5.69 Å². The second-order valence-electron chi connectivity index (χ2n) is 5.74. The van der Waals surface area contributed by atoms with Gasteiger partial charge in [-0.15, -0.1) is 0 Å². The summed E-state index contributed by atoms with van der Waals surface area (Å²) >= 11 is 0. The summed E-state index contributed by atoms with van der Waals surface area (Å²) in [6, 6.07) is 6.93. The van der Waals surface area contributed by atoms with Crippen LogP contribution in [0.5, 0.6) is 0 Å². The number of rotatable bonds is 7. The smallest absolute Gasteiger partial charge is 0.152 e. The molecule has 4 heteroatoms. The Morgan fingerprint density at radius 1 is 1.40 bits per heavy atom. The Bertz CT molecular complexity index is 571. The second-order valence-corrected chi connectivity index (χ2v) is 5.74. The third-order valence-electron chi connectivity index (χ3n) is 3.95. The highest BCUT2D eigenvalue weighted by Gasteiger charge is 2.22. The lowest BCUT2D eigenvalue weighted by Gasteiger charge is -2.18. The van der Waals surface area contributed by atoms with E-state index >= 15 is 0 Å². The van der Waals surface area contributed by atoms with Gasteiger partial charge in [-0.1, -0.05) is 19.4 Å². The van der Waals surface area contributed by atoms with Gasteiger partial charge >= 0.3 is 0 Å². The quantitative estimate of drug-likeness (QED) is 0.841. The van der Waals surface area contributed by atoms with Gasteiger partial charge in [0.25, 0.3) is 0 Å². The fraction of sp³-hybridized carbons (Fsp3) is 0.562. The van der Waals surface area contributed by atoms with Crippen LogP contribution < -0.4 is 10.2 Å². The molecule has 20 heavy (non-hydrogen) atoms. The van der Waals surface area contributed by atoms with Crippen molar-refractivity contribution in [3.63, 3.8) is 0 Å². The first-order valence-corrected chi connectivity index (χ1v) is 7.70. The third kappa shape index (κ3) is 2.80. The second kappa shape index (κ2) is 5.83. The molecule has 0 aliphatic heterocycles. The van der Waals surface area contributed by atoms with Gasteiger partial charge in [0.15, 0.2) is 5.82 Å². The number of nitrogens with zero attached hydrogens (tertiary/aromatic N) is 3. The molecule has 1 fully saturated rings. The molecule has 0 amide bonds. The summed E-state index contributed by atoms with van der Waals surface area (Å²) in [7, 11) is 2.15. The summed E-state index contributed by atoms with van der Waals surface area (Å²) in [4.78, 5) is 7.10. The maximum atomic E-state index is 4.81. The van der Waals surface area contributed by atoms with Crippen molar-refractivity contribution in [2.75, 3.05) is 18.5 Å². The van der Waals surface area contributed by atoms with E-state index in [1.807, 2.05) is 0 Å². The van der Waals surface area contributed by atoms with Gasteiger partial charge < -0.3 is 14.6 Å². The Morgan fingerprint density at radius 2 is 2.25 bits per heavy atom. The number of pyridine rings is 1. The van der Waals surface area contributed by atoms with Gasteiger partial charge in [0.2, 0.25) is 0 Å². The first-order valence-electron chi connectivity index (χ1n) is 7.70. The molecule has 1 N–H and O–H groups in total. The van der Waals surface area contributed by atoms with E-state index in [2.05, 4.69) is 53.0 Å². The average Bonchev–Trinajstić information content (AvgIpc) is 3.22. The number of aromatic nitrogens is 2. The number of imidazole rings is 1. The predicted octanol–water partition coefficient (Wildman–Crippen LogP) is 2.82. The van der Waals surface area contributed by atoms with Crippen molar-refractivity contribution in [1.29, 1.82) is 0 Å². The Balaban J connectivity index is 1.88. The van der Waals surface area contributed by atoms with E-state index in [1.165, 1.54) is 31.4 Å². The number of fused-ring (bicyclic) bond motifs is 1. The maximum Gasteiger partial charge on any atom is 0.152 e. The highest BCUT2D eigenvalue weighted by molar-refractivity contribution is 5.55. The maximum absolute atomic E-state index is 4.81. The molecule has 3 rings (SSSR count). The zero-order valence-corrected chi connectivity index (χ0v) is 12.5. The number of unbranched alkanes of at least 4 members (excludes halogenated alkanes) is 1. The molecule has 0 radical (unpaired) electrons. The molecular weight excluding hydrogens is 248 g/mol. The lowest BCUT2D eigenvalue weighted by molar-refractivity contribution is 0.666. The third-order valence-corrected chi connectivity index (χ3v) is 3.95. The summed E-state index contributed by atoms with van der Waals surface area (Å²) < 4.78 is 2.22. The van der Waals surface area contributed by atoms with E-state index in [1.54, 1.807) is 0 Å². The first-order chi connectivity index (χ1) is 9.79. The molecule has 108 valence electrons. The number of anilines is 1. The molecule has 2 aromatic rings. The summed E-state index contributed by atoms with van der Waals surface area (Å²) in [5, 5.41) is 3.62. The minimum atomic E-state index is 0.720. The summed E-state index contributed by atoms with van der Waals surface area (Å²) in [6.45, 7) is 4.20. The van der Waals surface area contributed by atoms with Gasteiger partial charge in [0.1, 0.15) is 5.65 Å². The van der Waals surface area contributed by atoms with E-state index in [0.29, 0.717) is 0 Å². The van der Waals surface area contributed by atoms with Crippen molar-refractivity contribution in [3.05, 3.63) is 30.1 Å². The van der Waals surface area contributed by atoms with Crippen LogP contribution in [0.15, 0.2) is 24.4 Å². The molecular formula is C16H24N4. The van der Waals surface area contributed by atoms with Crippen LogP contribution in [-0.2, 0) is 6.54 Å². The van der Waals surface area contributed by atoms with Crippen molar-refractivity contribution >= 4 is 11.5 Å². The molecule has 1 aliphatic carbocycles. The van der Waals surface area contributed by atoms with Crippen LogP contribution >= 0.6 is 0 Å². The molecule has 2 heterocycles. The number of hydrogen-bond acceptors (Lipinski definition) is 3. The monoisotopic (exact) mass is 272 g/mol. The van der Waals surface area contributed by atoms with Crippen molar-refractivity contribution in [3.8, 4) is 0 Å². The normalized spacial score (nSPS) is 14.9. The van der Waals surface area contributed by atoms with Crippen LogP contribution in [0.2, 0.25) is 0 Å². The van der Waals surface area contributed by atoms with Gasteiger partial charge in [-0.3, -0.25) is 0 Å².